The van der Waals surface area contributed by atoms with E-state index in [1.165, 1.54) is 24.3 Å². The van der Waals surface area contributed by atoms with E-state index in [0.717, 1.165) is 12.1 Å². The third kappa shape index (κ3) is 3.82. The van der Waals surface area contributed by atoms with E-state index < -0.39 is 29.5 Å². The van der Waals surface area contributed by atoms with Crippen molar-refractivity contribution in [2.24, 2.45) is 0 Å². The summed E-state index contributed by atoms with van der Waals surface area (Å²) in [6.45, 7) is -0.179. The highest BCUT2D eigenvalue weighted by molar-refractivity contribution is 5.94. The van der Waals surface area contributed by atoms with Crippen molar-refractivity contribution in [3.63, 3.8) is 0 Å². The molecule has 0 aliphatic carbocycles. The van der Waals surface area contributed by atoms with Gasteiger partial charge in [0.1, 0.15) is 17.5 Å². The Morgan fingerprint density at radius 1 is 1.05 bits per heavy atom. The summed E-state index contributed by atoms with van der Waals surface area (Å²) in [5.74, 6) is -2.98. The van der Waals surface area contributed by atoms with Crippen LogP contribution in [0.5, 0.6) is 0 Å². The Kier molecular flexibility index (Phi) is 4.59. The molecule has 2 aromatic carbocycles. The van der Waals surface area contributed by atoms with Gasteiger partial charge >= 0.3 is 0 Å². The van der Waals surface area contributed by atoms with Crippen LogP contribution in [0.1, 0.15) is 22.0 Å². The van der Waals surface area contributed by atoms with Crippen LogP contribution in [0.15, 0.2) is 42.5 Å². The average molecular weight is 295 g/mol. The SMILES string of the molecule is O=C(NCC(O)c1ccc(F)cc1)c1ccc(F)cc1F. The van der Waals surface area contributed by atoms with E-state index in [0.29, 0.717) is 11.6 Å². The molecule has 1 unspecified atom stereocenters. The largest absolute Gasteiger partial charge is 0.387 e. The maximum atomic E-state index is 13.4. The Labute approximate surface area is 119 Å². The molecular weight excluding hydrogens is 283 g/mol. The van der Waals surface area contributed by atoms with Gasteiger partial charge in [0, 0.05) is 12.6 Å². The molecule has 3 nitrogen and oxygen atoms in total. The van der Waals surface area contributed by atoms with Gasteiger partial charge in [-0.1, -0.05) is 12.1 Å². The predicted octanol–water partition coefficient (Wildman–Crippen LogP) is 2.57. The summed E-state index contributed by atoms with van der Waals surface area (Å²) in [6.07, 6.45) is -1.06. The molecule has 2 N–H and O–H groups in total. The predicted molar refractivity (Wildman–Crippen MR) is 70.1 cm³/mol. The van der Waals surface area contributed by atoms with Gasteiger partial charge in [0.2, 0.25) is 0 Å². The van der Waals surface area contributed by atoms with Gasteiger partial charge in [-0.15, -0.1) is 0 Å². The number of amides is 1. The Morgan fingerprint density at radius 2 is 1.67 bits per heavy atom. The minimum atomic E-state index is -1.06. The van der Waals surface area contributed by atoms with Crippen LogP contribution in [-0.4, -0.2) is 17.6 Å². The molecule has 0 saturated heterocycles. The minimum Gasteiger partial charge on any atom is -0.387 e. The summed E-state index contributed by atoms with van der Waals surface area (Å²) in [4.78, 5) is 11.7. The average Bonchev–Trinajstić information content (AvgIpc) is 2.45. The van der Waals surface area contributed by atoms with Crippen molar-refractivity contribution in [2.75, 3.05) is 6.54 Å². The normalized spacial score (nSPS) is 12.0. The summed E-state index contributed by atoms with van der Waals surface area (Å²) in [5.41, 5.74) is 0.0963. The van der Waals surface area contributed by atoms with Gasteiger partial charge in [0.25, 0.3) is 5.91 Å². The highest BCUT2D eigenvalue weighted by atomic mass is 19.1. The third-order valence-electron chi connectivity index (χ3n) is 2.89. The third-order valence-corrected chi connectivity index (χ3v) is 2.89. The lowest BCUT2D eigenvalue weighted by atomic mass is 10.1. The second-order valence-electron chi connectivity index (χ2n) is 4.40. The van der Waals surface area contributed by atoms with E-state index in [4.69, 9.17) is 0 Å². The second kappa shape index (κ2) is 6.41. The summed E-state index contributed by atoms with van der Waals surface area (Å²) in [6, 6.07) is 7.71. The van der Waals surface area contributed by atoms with Crippen molar-refractivity contribution in [1.82, 2.24) is 5.32 Å². The number of aliphatic hydroxyl groups is 1. The molecule has 0 fully saturated rings. The second-order valence-corrected chi connectivity index (χ2v) is 4.40. The zero-order valence-corrected chi connectivity index (χ0v) is 10.8. The van der Waals surface area contributed by atoms with Crippen LogP contribution in [0.25, 0.3) is 0 Å². The molecule has 1 atom stereocenters. The van der Waals surface area contributed by atoms with Crippen LogP contribution in [0.4, 0.5) is 13.2 Å². The van der Waals surface area contributed by atoms with Crippen LogP contribution in [-0.2, 0) is 0 Å². The van der Waals surface area contributed by atoms with Gasteiger partial charge in [-0.3, -0.25) is 4.79 Å². The van der Waals surface area contributed by atoms with E-state index >= 15 is 0 Å². The molecule has 2 rings (SSSR count). The molecule has 0 aliphatic rings. The zero-order chi connectivity index (χ0) is 15.4. The molecule has 0 heterocycles. The molecule has 0 aliphatic heterocycles. The molecule has 110 valence electrons. The quantitative estimate of drug-likeness (QED) is 0.911. The summed E-state index contributed by atoms with van der Waals surface area (Å²) in [7, 11) is 0. The first kappa shape index (κ1) is 15.1. The maximum absolute atomic E-state index is 13.4. The topological polar surface area (TPSA) is 49.3 Å². The fraction of sp³-hybridized carbons (Fsp3) is 0.133. The number of nitrogens with one attached hydrogen (secondary N) is 1. The van der Waals surface area contributed by atoms with Crippen molar-refractivity contribution >= 4 is 5.91 Å². The first-order chi connectivity index (χ1) is 9.97. The van der Waals surface area contributed by atoms with Crippen molar-refractivity contribution < 1.29 is 23.1 Å². The molecule has 0 bridgehead atoms. The number of benzene rings is 2. The number of halogens is 3. The summed E-state index contributed by atoms with van der Waals surface area (Å²) >= 11 is 0. The first-order valence-electron chi connectivity index (χ1n) is 6.14. The zero-order valence-electron chi connectivity index (χ0n) is 10.8. The number of aliphatic hydroxyl groups excluding tert-OH is 1. The Hall–Kier alpha value is -2.34. The van der Waals surface area contributed by atoms with Crippen LogP contribution in [0.3, 0.4) is 0 Å². The van der Waals surface area contributed by atoms with E-state index in [2.05, 4.69) is 5.32 Å². The highest BCUT2D eigenvalue weighted by Gasteiger charge is 2.14. The molecule has 1 amide bonds. The van der Waals surface area contributed by atoms with Crippen LogP contribution >= 0.6 is 0 Å². The number of rotatable bonds is 4. The van der Waals surface area contributed by atoms with Gasteiger partial charge in [0.15, 0.2) is 0 Å². The Morgan fingerprint density at radius 3 is 2.29 bits per heavy atom. The molecule has 0 aromatic heterocycles. The maximum Gasteiger partial charge on any atom is 0.254 e. The minimum absolute atomic E-state index is 0.179. The lowest BCUT2D eigenvalue weighted by molar-refractivity contribution is 0.0912. The van der Waals surface area contributed by atoms with Crippen LogP contribution in [0, 0.1) is 17.5 Å². The lowest BCUT2D eigenvalue weighted by Gasteiger charge is -2.12. The number of hydrogen-bond acceptors (Lipinski definition) is 2. The fourth-order valence-corrected chi connectivity index (χ4v) is 1.76. The van der Waals surface area contributed by atoms with Crippen molar-refractivity contribution in [3.8, 4) is 0 Å². The highest BCUT2D eigenvalue weighted by Crippen LogP contribution is 2.13. The summed E-state index contributed by atoms with van der Waals surface area (Å²) < 4.78 is 38.9. The van der Waals surface area contributed by atoms with Crippen molar-refractivity contribution in [1.29, 1.82) is 0 Å². The van der Waals surface area contributed by atoms with Gasteiger partial charge in [-0.25, -0.2) is 13.2 Å². The fourth-order valence-electron chi connectivity index (χ4n) is 1.76. The summed E-state index contributed by atoms with van der Waals surface area (Å²) in [5, 5.41) is 12.2. The number of hydrogen-bond donors (Lipinski definition) is 2. The molecule has 2 aromatic rings. The first-order valence-corrected chi connectivity index (χ1v) is 6.14. The lowest BCUT2D eigenvalue weighted by Crippen LogP contribution is -2.29. The Bertz CT molecular complexity index is 644. The van der Waals surface area contributed by atoms with E-state index in [9.17, 15) is 23.1 Å². The molecule has 0 saturated carbocycles. The number of carbonyl (C=O) groups excluding carboxylic acids is 1. The van der Waals surface area contributed by atoms with Gasteiger partial charge in [0.05, 0.1) is 11.7 Å². The molecular formula is C15H12F3NO2. The van der Waals surface area contributed by atoms with Gasteiger partial charge in [-0.05, 0) is 29.8 Å². The standard InChI is InChI=1S/C15H12F3NO2/c16-10-3-1-9(2-4-10)14(20)8-19-15(21)12-6-5-11(17)7-13(12)18/h1-7,14,20H,8H2,(H,19,21). The van der Waals surface area contributed by atoms with Crippen molar-refractivity contribution in [3.05, 3.63) is 71.0 Å². The molecule has 21 heavy (non-hydrogen) atoms. The number of carbonyl (C=O) groups is 1. The van der Waals surface area contributed by atoms with Crippen LogP contribution < -0.4 is 5.32 Å². The molecule has 0 spiro atoms. The monoisotopic (exact) mass is 295 g/mol. The van der Waals surface area contributed by atoms with E-state index in [1.54, 1.807) is 0 Å². The van der Waals surface area contributed by atoms with Gasteiger partial charge in [-0.2, -0.15) is 0 Å². The van der Waals surface area contributed by atoms with E-state index in [1.807, 2.05) is 0 Å². The van der Waals surface area contributed by atoms with E-state index in [-0.39, 0.29) is 12.1 Å². The smallest absolute Gasteiger partial charge is 0.254 e. The van der Waals surface area contributed by atoms with Gasteiger partial charge < -0.3 is 10.4 Å². The van der Waals surface area contributed by atoms with Crippen LogP contribution in [0.2, 0.25) is 0 Å². The molecule has 0 radical (unpaired) electrons. The molecule has 6 heteroatoms. The Balaban J connectivity index is 1.99. The van der Waals surface area contributed by atoms with Crippen molar-refractivity contribution in [2.45, 2.75) is 6.10 Å².